The lowest BCUT2D eigenvalue weighted by Crippen LogP contribution is -2.33. The molecule has 3 rings (SSSR count). The van der Waals surface area contributed by atoms with Gasteiger partial charge in [-0.1, -0.05) is 25.1 Å². The number of aromatic nitrogens is 2. The van der Waals surface area contributed by atoms with E-state index in [0.29, 0.717) is 11.0 Å². The number of hydrogen-bond acceptors (Lipinski definition) is 6. The molecule has 1 aromatic heterocycles. The molecule has 0 fully saturated rings. The molecule has 3 aromatic rings. The molecule has 28 heavy (non-hydrogen) atoms. The summed E-state index contributed by atoms with van der Waals surface area (Å²) in [4.78, 5) is 45.0. The minimum absolute atomic E-state index is 0.168. The molecular formula is C20H18N4O4. The van der Waals surface area contributed by atoms with E-state index < -0.39 is 23.9 Å². The molecule has 0 saturated carbocycles. The Morgan fingerprint density at radius 2 is 1.75 bits per heavy atom. The third-order valence-corrected chi connectivity index (χ3v) is 4.08. The van der Waals surface area contributed by atoms with Crippen molar-refractivity contribution in [2.75, 3.05) is 5.32 Å². The normalized spacial score (nSPS) is 11.6. The van der Waals surface area contributed by atoms with E-state index in [4.69, 9.17) is 10.5 Å². The van der Waals surface area contributed by atoms with Crippen molar-refractivity contribution in [1.29, 1.82) is 0 Å². The van der Waals surface area contributed by atoms with Gasteiger partial charge in [0.15, 0.2) is 6.10 Å². The van der Waals surface area contributed by atoms with E-state index in [1.807, 2.05) is 0 Å². The number of esters is 1. The molecule has 0 aliphatic rings. The number of anilines is 1. The maximum atomic E-state index is 12.6. The van der Waals surface area contributed by atoms with E-state index in [1.54, 1.807) is 43.3 Å². The largest absolute Gasteiger partial charge is 0.449 e. The van der Waals surface area contributed by atoms with Crippen LogP contribution in [-0.4, -0.2) is 33.9 Å². The highest BCUT2D eigenvalue weighted by Crippen LogP contribution is 2.18. The maximum absolute atomic E-state index is 12.6. The van der Waals surface area contributed by atoms with Crippen molar-refractivity contribution in [2.45, 2.75) is 19.4 Å². The number of rotatable bonds is 6. The highest BCUT2D eigenvalue weighted by molar-refractivity contribution is 6.06. The molecule has 0 bridgehead atoms. The maximum Gasteiger partial charge on any atom is 0.341 e. The number of benzene rings is 2. The van der Waals surface area contributed by atoms with Gasteiger partial charge in [-0.3, -0.25) is 19.6 Å². The minimum atomic E-state index is -1.06. The fraction of sp³-hybridized carbons (Fsp3) is 0.150. The van der Waals surface area contributed by atoms with Crippen LogP contribution in [0.1, 0.15) is 34.1 Å². The van der Waals surface area contributed by atoms with Gasteiger partial charge in [-0.05, 0) is 30.7 Å². The molecule has 0 spiro atoms. The average molecular weight is 378 g/mol. The van der Waals surface area contributed by atoms with Gasteiger partial charge in [-0.25, -0.2) is 4.79 Å². The number of hydrogen-bond donors (Lipinski definition) is 2. The van der Waals surface area contributed by atoms with Crippen molar-refractivity contribution in [1.82, 2.24) is 9.97 Å². The Labute approximate surface area is 160 Å². The molecule has 1 atom stereocenters. The summed E-state index contributed by atoms with van der Waals surface area (Å²) in [7, 11) is 0. The number of nitrogens with zero attached hydrogens (tertiary/aromatic N) is 2. The zero-order valence-corrected chi connectivity index (χ0v) is 15.1. The molecule has 0 aliphatic carbocycles. The molecule has 0 aliphatic heterocycles. The molecule has 8 heteroatoms. The van der Waals surface area contributed by atoms with Crippen LogP contribution in [0.15, 0.2) is 54.9 Å². The van der Waals surface area contributed by atoms with Gasteiger partial charge < -0.3 is 15.8 Å². The van der Waals surface area contributed by atoms with Crippen LogP contribution in [0, 0.1) is 0 Å². The predicted molar refractivity (Wildman–Crippen MR) is 103 cm³/mol. The first-order valence-electron chi connectivity index (χ1n) is 8.61. The van der Waals surface area contributed by atoms with Crippen molar-refractivity contribution in [3.63, 3.8) is 0 Å². The summed E-state index contributed by atoms with van der Waals surface area (Å²) in [6, 6.07) is 11.3. The lowest BCUT2D eigenvalue weighted by atomic mass is 10.1. The van der Waals surface area contributed by atoms with Gasteiger partial charge >= 0.3 is 5.97 Å². The third-order valence-electron chi connectivity index (χ3n) is 4.08. The van der Waals surface area contributed by atoms with Crippen LogP contribution in [-0.2, 0) is 9.53 Å². The Kier molecular flexibility index (Phi) is 5.59. The molecular weight excluding hydrogens is 360 g/mol. The van der Waals surface area contributed by atoms with Crippen LogP contribution in [0.4, 0.5) is 5.69 Å². The number of ether oxygens (including phenoxy) is 1. The smallest absolute Gasteiger partial charge is 0.341 e. The quantitative estimate of drug-likeness (QED) is 0.634. The third kappa shape index (κ3) is 3.96. The van der Waals surface area contributed by atoms with Crippen LogP contribution < -0.4 is 11.1 Å². The Morgan fingerprint density at radius 1 is 1.04 bits per heavy atom. The highest BCUT2D eigenvalue weighted by atomic mass is 16.5. The fourth-order valence-corrected chi connectivity index (χ4v) is 2.69. The predicted octanol–water partition coefficient (Wildman–Crippen LogP) is 2.30. The second kappa shape index (κ2) is 8.26. The number of carbonyl (C=O) groups is 3. The number of carbonyl (C=O) groups excluding carboxylic acids is 3. The molecule has 2 aromatic carbocycles. The molecule has 1 heterocycles. The molecule has 1 unspecified atom stereocenters. The minimum Gasteiger partial charge on any atom is -0.449 e. The van der Waals surface area contributed by atoms with Crippen LogP contribution in [0.3, 0.4) is 0 Å². The first-order chi connectivity index (χ1) is 13.5. The second-order valence-corrected chi connectivity index (χ2v) is 5.93. The van der Waals surface area contributed by atoms with E-state index in [1.165, 1.54) is 18.5 Å². The number of para-hydroxylation sites is 2. The Bertz CT molecular complexity index is 1050. The Morgan fingerprint density at radius 3 is 2.50 bits per heavy atom. The summed E-state index contributed by atoms with van der Waals surface area (Å²) in [6.45, 7) is 1.71. The van der Waals surface area contributed by atoms with Gasteiger partial charge in [0.2, 0.25) is 0 Å². The first-order valence-corrected chi connectivity index (χ1v) is 8.61. The summed E-state index contributed by atoms with van der Waals surface area (Å²) in [5, 5.41) is 2.59. The van der Waals surface area contributed by atoms with E-state index in [9.17, 15) is 14.4 Å². The number of nitrogens with one attached hydrogen (secondary N) is 1. The highest BCUT2D eigenvalue weighted by Gasteiger charge is 2.24. The van der Waals surface area contributed by atoms with Crippen molar-refractivity contribution >= 4 is 34.5 Å². The van der Waals surface area contributed by atoms with Crippen LogP contribution in [0.25, 0.3) is 11.0 Å². The average Bonchev–Trinajstić information content (AvgIpc) is 2.71. The SMILES string of the molecule is CCC(OC(=O)c1cccc2nccnc12)C(=O)Nc1ccccc1C(N)=O. The number of primary amides is 1. The molecule has 0 saturated heterocycles. The van der Waals surface area contributed by atoms with E-state index in [0.717, 1.165) is 0 Å². The van der Waals surface area contributed by atoms with Crippen LogP contribution in [0.2, 0.25) is 0 Å². The van der Waals surface area contributed by atoms with Crippen molar-refractivity contribution in [3.05, 3.63) is 66.0 Å². The lowest BCUT2D eigenvalue weighted by molar-refractivity contribution is -0.124. The molecule has 2 amide bonds. The molecule has 0 radical (unpaired) electrons. The van der Waals surface area contributed by atoms with Gasteiger partial charge in [0.25, 0.3) is 11.8 Å². The topological polar surface area (TPSA) is 124 Å². The summed E-state index contributed by atoms with van der Waals surface area (Å²) in [5.74, 6) is -1.91. The van der Waals surface area contributed by atoms with Crippen molar-refractivity contribution in [2.24, 2.45) is 5.73 Å². The van der Waals surface area contributed by atoms with Gasteiger partial charge in [0.1, 0.15) is 5.52 Å². The summed E-state index contributed by atoms with van der Waals surface area (Å²) < 4.78 is 5.39. The zero-order valence-electron chi connectivity index (χ0n) is 15.1. The summed E-state index contributed by atoms with van der Waals surface area (Å²) >= 11 is 0. The standard InChI is InChI=1S/C20H18N4O4/c1-2-16(19(26)24-14-8-4-3-6-12(14)18(21)25)28-20(27)13-7-5-9-15-17(13)23-11-10-22-15/h3-11,16H,2H2,1H3,(H2,21,25)(H,24,26). The number of nitrogens with two attached hydrogens (primary N) is 1. The summed E-state index contributed by atoms with van der Waals surface area (Å²) in [6.07, 6.45) is 2.19. The fourth-order valence-electron chi connectivity index (χ4n) is 2.69. The number of fused-ring (bicyclic) bond motifs is 1. The summed E-state index contributed by atoms with van der Waals surface area (Å²) in [5.41, 5.74) is 6.90. The van der Waals surface area contributed by atoms with E-state index in [2.05, 4.69) is 15.3 Å². The molecule has 142 valence electrons. The Hall–Kier alpha value is -3.81. The van der Waals surface area contributed by atoms with Gasteiger partial charge in [-0.2, -0.15) is 0 Å². The monoisotopic (exact) mass is 378 g/mol. The first kappa shape index (κ1) is 19.0. The van der Waals surface area contributed by atoms with Crippen LogP contribution in [0.5, 0.6) is 0 Å². The number of amides is 2. The van der Waals surface area contributed by atoms with Gasteiger partial charge in [-0.15, -0.1) is 0 Å². The van der Waals surface area contributed by atoms with E-state index >= 15 is 0 Å². The van der Waals surface area contributed by atoms with E-state index in [-0.39, 0.29) is 23.2 Å². The van der Waals surface area contributed by atoms with Gasteiger partial charge in [0, 0.05) is 12.4 Å². The second-order valence-electron chi connectivity index (χ2n) is 5.93. The zero-order chi connectivity index (χ0) is 20.1. The van der Waals surface area contributed by atoms with Crippen molar-refractivity contribution < 1.29 is 19.1 Å². The molecule has 8 nitrogen and oxygen atoms in total. The Balaban J connectivity index is 1.79. The van der Waals surface area contributed by atoms with Crippen LogP contribution >= 0.6 is 0 Å². The van der Waals surface area contributed by atoms with Gasteiger partial charge in [0.05, 0.1) is 22.3 Å². The lowest BCUT2D eigenvalue weighted by Gasteiger charge is -2.17. The molecule has 3 N–H and O–H groups in total. The van der Waals surface area contributed by atoms with Crippen molar-refractivity contribution in [3.8, 4) is 0 Å².